The number of hydrogen-bond donors (Lipinski definition) is 2. The van der Waals surface area contributed by atoms with Crippen LogP contribution in [0, 0.1) is 17.2 Å². The van der Waals surface area contributed by atoms with Crippen molar-refractivity contribution in [2.24, 2.45) is 5.92 Å². The topological polar surface area (TPSA) is 102 Å². The average Bonchev–Trinajstić information content (AvgIpc) is 2.97. The van der Waals surface area contributed by atoms with E-state index in [-0.39, 0.29) is 12.6 Å². The highest BCUT2D eigenvalue weighted by Gasteiger charge is 2.49. The van der Waals surface area contributed by atoms with Crippen molar-refractivity contribution in [2.45, 2.75) is 45.7 Å². The van der Waals surface area contributed by atoms with Gasteiger partial charge in [0.15, 0.2) is 0 Å². The maximum atomic E-state index is 13.0. The van der Waals surface area contributed by atoms with E-state index in [1.807, 2.05) is 25.1 Å². The van der Waals surface area contributed by atoms with Crippen LogP contribution in [-0.4, -0.2) is 29.3 Å². The van der Waals surface area contributed by atoms with Gasteiger partial charge in [0.05, 0.1) is 17.7 Å². The lowest BCUT2D eigenvalue weighted by molar-refractivity contribution is -0.135. The third-order valence-corrected chi connectivity index (χ3v) is 5.67. The van der Waals surface area contributed by atoms with E-state index < -0.39 is 23.4 Å². The summed E-state index contributed by atoms with van der Waals surface area (Å²) in [4.78, 5) is 39.0. The summed E-state index contributed by atoms with van der Waals surface area (Å²) in [5.74, 6) is -0.360. The molecule has 0 saturated carbocycles. The minimum atomic E-state index is -1.29. The maximum Gasteiger partial charge on any atom is 0.325 e. The van der Waals surface area contributed by atoms with E-state index in [2.05, 4.69) is 36.6 Å². The van der Waals surface area contributed by atoms with Gasteiger partial charge in [0, 0.05) is 0 Å². The van der Waals surface area contributed by atoms with Gasteiger partial charge in [-0.05, 0) is 55.0 Å². The molecule has 1 aliphatic heterocycles. The normalized spacial score (nSPS) is 18.9. The summed E-state index contributed by atoms with van der Waals surface area (Å²) in [6.45, 7) is 7.42. The molecule has 3 rings (SSSR count). The van der Waals surface area contributed by atoms with Crippen molar-refractivity contribution in [1.29, 1.82) is 5.26 Å². The second-order valence-corrected chi connectivity index (χ2v) is 8.76. The van der Waals surface area contributed by atoms with Gasteiger partial charge in [-0.15, -0.1) is 0 Å². The second-order valence-electron chi connectivity index (χ2n) is 8.76. The molecule has 32 heavy (non-hydrogen) atoms. The molecule has 2 aromatic carbocycles. The Hall–Kier alpha value is -3.66. The predicted octanol–water partition coefficient (Wildman–Crippen LogP) is 3.40. The molecule has 0 spiro atoms. The summed E-state index contributed by atoms with van der Waals surface area (Å²) in [5.41, 5.74) is 1.90. The molecule has 1 aliphatic rings. The van der Waals surface area contributed by atoms with Crippen molar-refractivity contribution in [3.63, 3.8) is 0 Å². The summed E-state index contributed by atoms with van der Waals surface area (Å²) < 4.78 is 0. The molecule has 0 bridgehead atoms. The Labute approximate surface area is 188 Å². The molecule has 0 aromatic heterocycles. The van der Waals surface area contributed by atoms with Crippen LogP contribution in [-0.2, 0) is 21.5 Å². The highest BCUT2D eigenvalue weighted by atomic mass is 16.2. The van der Waals surface area contributed by atoms with Crippen molar-refractivity contribution in [2.75, 3.05) is 6.54 Å². The lowest BCUT2D eigenvalue weighted by Crippen LogP contribution is -2.43. The van der Waals surface area contributed by atoms with Crippen LogP contribution in [0.15, 0.2) is 48.5 Å². The lowest BCUT2D eigenvalue weighted by atomic mass is 9.91. The fourth-order valence-electron chi connectivity index (χ4n) is 3.84. The molecule has 1 saturated heterocycles. The zero-order valence-corrected chi connectivity index (χ0v) is 18.8. The van der Waals surface area contributed by atoms with E-state index >= 15 is 0 Å². The largest absolute Gasteiger partial charge is 0.348 e. The minimum absolute atomic E-state index is 0.263. The van der Waals surface area contributed by atoms with Crippen LogP contribution in [0.5, 0.6) is 0 Å². The van der Waals surface area contributed by atoms with Gasteiger partial charge in [-0.25, -0.2) is 4.79 Å². The number of nitriles is 1. The third kappa shape index (κ3) is 4.80. The first-order valence-electron chi connectivity index (χ1n) is 10.7. The zero-order valence-electron chi connectivity index (χ0n) is 18.8. The first kappa shape index (κ1) is 23.0. The van der Waals surface area contributed by atoms with Crippen LogP contribution in [0.4, 0.5) is 4.79 Å². The Morgan fingerprint density at radius 2 is 1.72 bits per heavy atom. The van der Waals surface area contributed by atoms with Gasteiger partial charge >= 0.3 is 6.03 Å². The Kier molecular flexibility index (Phi) is 6.64. The van der Waals surface area contributed by atoms with Crippen molar-refractivity contribution < 1.29 is 14.4 Å². The SMILES string of the molecule is CC(C)Cc1ccc(C(C)NC(=O)CN2C(=O)NC(C)(c3ccc(C#N)cc3)C2=O)cc1. The molecule has 1 heterocycles. The zero-order chi connectivity index (χ0) is 23.5. The first-order valence-corrected chi connectivity index (χ1v) is 10.7. The molecule has 2 N–H and O–H groups in total. The smallest absolute Gasteiger partial charge is 0.325 e. The van der Waals surface area contributed by atoms with Gasteiger partial charge in [0.25, 0.3) is 5.91 Å². The molecule has 2 atom stereocenters. The van der Waals surface area contributed by atoms with Gasteiger partial charge < -0.3 is 10.6 Å². The number of carbonyl (C=O) groups excluding carboxylic acids is 3. The Bertz CT molecular complexity index is 1050. The summed E-state index contributed by atoms with van der Waals surface area (Å²) in [7, 11) is 0. The molecule has 0 radical (unpaired) electrons. The molecule has 1 fully saturated rings. The highest BCUT2D eigenvalue weighted by molar-refractivity contribution is 6.09. The highest BCUT2D eigenvalue weighted by Crippen LogP contribution is 2.29. The predicted molar refractivity (Wildman–Crippen MR) is 120 cm³/mol. The van der Waals surface area contributed by atoms with Gasteiger partial charge in [-0.2, -0.15) is 5.26 Å². The van der Waals surface area contributed by atoms with Crippen LogP contribution in [0.3, 0.4) is 0 Å². The van der Waals surface area contributed by atoms with Crippen LogP contribution >= 0.6 is 0 Å². The number of imide groups is 1. The fraction of sp³-hybridized carbons (Fsp3) is 0.360. The molecule has 7 heteroatoms. The molecular weight excluding hydrogens is 404 g/mol. The van der Waals surface area contributed by atoms with Crippen LogP contribution < -0.4 is 10.6 Å². The number of nitrogens with one attached hydrogen (secondary N) is 2. The van der Waals surface area contributed by atoms with Gasteiger partial charge in [0.2, 0.25) is 5.91 Å². The number of carbonyl (C=O) groups is 3. The Balaban J connectivity index is 1.65. The van der Waals surface area contributed by atoms with Crippen molar-refractivity contribution in [1.82, 2.24) is 15.5 Å². The molecule has 4 amide bonds. The van der Waals surface area contributed by atoms with E-state index in [4.69, 9.17) is 5.26 Å². The van der Waals surface area contributed by atoms with Gasteiger partial charge in [-0.1, -0.05) is 50.2 Å². The second kappa shape index (κ2) is 9.23. The molecular formula is C25H28N4O3. The summed E-state index contributed by atoms with van der Waals surface area (Å²) in [6, 6.07) is 15.6. The molecule has 2 aromatic rings. The summed E-state index contributed by atoms with van der Waals surface area (Å²) in [6.07, 6.45) is 0.991. The van der Waals surface area contributed by atoms with E-state index in [1.165, 1.54) is 5.56 Å². The third-order valence-electron chi connectivity index (χ3n) is 5.67. The number of amides is 4. The van der Waals surface area contributed by atoms with Crippen molar-refractivity contribution >= 4 is 17.8 Å². The Morgan fingerprint density at radius 1 is 1.09 bits per heavy atom. The van der Waals surface area contributed by atoms with Crippen LogP contribution in [0.25, 0.3) is 0 Å². The van der Waals surface area contributed by atoms with Gasteiger partial charge in [-0.3, -0.25) is 14.5 Å². The number of nitrogens with zero attached hydrogens (tertiary/aromatic N) is 2. The maximum absolute atomic E-state index is 13.0. The van der Waals surface area contributed by atoms with Crippen molar-refractivity contribution in [3.8, 4) is 6.07 Å². The number of hydrogen-bond acceptors (Lipinski definition) is 4. The molecule has 2 unspecified atom stereocenters. The average molecular weight is 433 g/mol. The number of rotatable bonds is 7. The van der Waals surface area contributed by atoms with E-state index in [0.717, 1.165) is 16.9 Å². The standard InChI is InChI=1S/C25H28N4O3/c1-16(2)13-18-5-9-20(10-6-18)17(3)27-22(30)15-29-23(31)25(4,28-24(29)32)21-11-7-19(14-26)8-12-21/h5-12,16-17H,13,15H2,1-4H3,(H,27,30)(H,28,32). The van der Waals surface area contributed by atoms with Crippen LogP contribution in [0.1, 0.15) is 56.0 Å². The number of urea groups is 1. The molecule has 166 valence electrons. The minimum Gasteiger partial charge on any atom is -0.348 e. The van der Waals surface area contributed by atoms with Gasteiger partial charge in [0.1, 0.15) is 12.1 Å². The van der Waals surface area contributed by atoms with Crippen LogP contribution in [0.2, 0.25) is 0 Å². The first-order chi connectivity index (χ1) is 15.1. The monoisotopic (exact) mass is 432 g/mol. The van der Waals surface area contributed by atoms with Crippen molar-refractivity contribution in [3.05, 3.63) is 70.8 Å². The lowest BCUT2D eigenvalue weighted by Gasteiger charge is -2.22. The summed E-state index contributed by atoms with van der Waals surface area (Å²) in [5, 5.41) is 14.5. The number of benzene rings is 2. The Morgan fingerprint density at radius 3 is 2.28 bits per heavy atom. The fourth-order valence-corrected chi connectivity index (χ4v) is 3.84. The quantitative estimate of drug-likeness (QED) is 0.655. The van der Waals surface area contributed by atoms with E-state index in [9.17, 15) is 14.4 Å². The molecule has 0 aliphatic carbocycles. The van der Waals surface area contributed by atoms with E-state index in [0.29, 0.717) is 17.0 Å². The molecule has 7 nitrogen and oxygen atoms in total. The summed E-state index contributed by atoms with van der Waals surface area (Å²) >= 11 is 0. The van der Waals surface area contributed by atoms with E-state index in [1.54, 1.807) is 31.2 Å².